The highest BCUT2D eigenvalue weighted by Gasteiger charge is 2.34. The van der Waals surface area contributed by atoms with Gasteiger partial charge in [0.05, 0.1) is 57.9 Å². The van der Waals surface area contributed by atoms with Gasteiger partial charge in [-0.25, -0.2) is 4.79 Å². The molecule has 1 aromatic carbocycles. The second kappa shape index (κ2) is 19.7. The summed E-state index contributed by atoms with van der Waals surface area (Å²) in [6.07, 6.45) is 0.618. The third kappa shape index (κ3) is 11.6. The van der Waals surface area contributed by atoms with Gasteiger partial charge in [0, 0.05) is 47.8 Å². The second-order valence-corrected chi connectivity index (χ2v) is 15.4. The van der Waals surface area contributed by atoms with Gasteiger partial charge in [-0.3, -0.25) is 14.4 Å². The molecule has 3 heterocycles. The molecule has 52 heavy (non-hydrogen) atoms. The predicted octanol–water partition coefficient (Wildman–Crippen LogP) is 5.62. The molecule has 0 saturated carbocycles. The van der Waals surface area contributed by atoms with E-state index in [2.05, 4.69) is 49.4 Å². The van der Waals surface area contributed by atoms with Gasteiger partial charge in [0.25, 0.3) is 0 Å². The van der Waals surface area contributed by atoms with Crippen LogP contribution in [0.2, 0.25) is 5.02 Å². The summed E-state index contributed by atoms with van der Waals surface area (Å²) in [6, 6.07) is 7.10. The summed E-state index contributed by atoms with van der Waals surface area (Å²) in [5.74, 6) is 0.320. The molecule has 1 amide bonds. The normalized spacial score (nSPS) is 14.8. The first-order valence-corrected chi connectivity index (χ1v) is 18.7. The number of carboxylic acid groups (broad SMARTS) is 1. The van der Waals surface area contributed by atoms with E-state index in [1.807, 2.05) is 31.2 Å². The Morgan fingerprint density at radius 2 is 1.56 bits per heavy atom. The molecule has 286 valence electrons. The number of carbonyl (C=O) groups is 2. The van der Waals surface area contributed by atoms with Crippen molar-refractivity contribution in [3.8, 4) is 5.00 Å². The Kier molecular flexibility index (Phi) is 15.7. The van der Waals surface area contributed by atoms with Crippen LogP contribution in [0, 0.1) is 26.2 Å². The molecule has 13 nitrogen and oxygen atoms in total. The van der Waals surface area contributed by atoms with E-state index in [9.17, 15) is 9.59 Å². The van der Waals surface area contributed by atoms with E-state index < -0.39 is 12.0 Å². The monoisotopic (exact) mass is 761 g/mol. The third-order valence-corrected chi connectivity index (χ3v) is 10.1. The van der Waals surface area contributed by atoms with Crippen LogP contribution in [-0.4, -0.2) is 122 Å². The number of aliphatic imine (C=N–C) groups is 1. The van der Waals surface area contributed by atoms with Gasteiger partial charge in [-0.1, -0.05) is 44.5 Å². The smallest absolute Gasteiger partial charge is 0.329 e. The molecule has 0 saturated heterocycles. The van der Waals surface area contributed by atoms with Crippen molar-refractivity contribution in [1.29, 1.82) is 0 Å². The van der Waals surface area contributed by atoms with E-state index in [0.29, 0.717) is 63.6 Å². The molecule has 15 heteroatoms. The molecule has 2 aromatic heterocycles. The van der Waals surface area contributed by atoms with Gasteiger partial charge < -0.3 is 33.7 Å². The van der Waals surface area contributed by atoms with Gasteiger partial charge in [0.1, 0.15) is 23.5 Å². The SMILES string of the molecule is Cc1sc2c(c1C)C(c1ccc(Cl)cc1)=NC(CC(=O)N(C)CC(OCCOCCCOCCOCCOCC(=O)O)C(C)(C)C)c1nnc(C)n1-2. The lowest BCUT2D eigenvalue weighted by Crippen LogP contribution is -2.43. The first kappa shape index (κ1) is 41.5. The molecule has 2 unspecified atom stereocenters. The topological polar surface area (TPSA) is 147 Å². The molecule has 4 rings (SSSR count). The van der Waals surface area contributed by atoms with Crippen LogP contribution < -0.4 is 0 Å². The standard InChI is InChI=1S/C37H52ClN5O8S/c1-24-25(2)52-36-33(24)34(27-9-11-28(38)12-10-27)39-29(35-41-40-26(3)43(35)36)21-31(44)42(7)22-30(37(4,5)6)51-20-19-48-14-8-13-47-15-16-49-17-18-50-23-32(45)46/h9-12,29-30H,8,13-23H2,1-7H3,(H,45,46). The van der Waals surface area contributed by atoms with Gasteiger partial charge in [-0.15, -0.1) is 21.5 Å². The largest absolute Gasteiger partial charge is 0.480 e. The number of ether oxygens (including phenoxy) is 5. The molecule has 1 aliphatic rings. The average Bonchev–Trinajstić information content (AvgIpc) is 3.57. The van der Waals surface area contributed by atoms with Crippen LogP contribution in [0.15, 0.2) is 29.3 Å². The number of benzene rings is 1. The van der Waals surface area contributed by atoms with E-state index in [1.54, 1.807) is 23.3 Å². The Hall–Kier alpha value is -3.24. The molecule has 3 aromatic rings. The van der Waals surface area contributed by atoms with Crippen molar-refractivity contribution in [2.45, 2.75) is 66.5 Å². The Balaban J connectivity index is 1.29. The van der Waals surface area contributed by atoms with E-state index in [-0.39, 0.29) is 37.1 Å². The molecular formula is C37H52ClN5O8S. The van der Waals surface area contributed by atoms with Crippen molar-refractivity contribution in [2.75, 3.05) is 73.1 Å². The fourth-order valence-electron chi connectivity index (χ4n) is 5.59. The number of rotatable bonds is 21. The molecule has 2 atom stereocenters. The summed E-state index contributed by atoms with van der Waals surface area (Å²) in [6.45, 7) is 15.8. The Morgan fingerprint density at radius 3 is 2.19 bits per heavy atom. The summed E-state index contributed by atoms with van der Waals surface area (Å²) in [7, 11) is 1.81. The highest BCUT2D eigenvalue weighted by Crippen LogP contribution is 2.39. The summed E-state index contributed by atoms with van der Waals surface area (Å²) >= 11 is 7.93. The first-order valence-electron chi connectivity index (χ1n) is 17.5. The maximum absolute atomic E-state index is 13.9. The highest BCUT2D eigenvalue weighted by molar-refractivity contribution is 7.15. The van der Waals surface area contributed by atoms with Crippen LogP contribution in [0.25, 0.3) is 5.00 Å². The molecule has 1 N–H and O–H groups in total. The minimum absolute atomic E-state index is 0.0689. The van der Waals surface area contributed by atoms with Crippen LogP contribution in [0.5, 0.6) is 0 Å². The lowest BCUT2D eigenvalue weighted by atomic mass is 9.88. The highest BCUT2D eigenvalue weighted by atomic mass is 35.5. The molecule has 0 fully saturated rings. The van der Waals surface area contributed by atoms with Crippen molar-refractivity contribution in [3.05, 3.63) is 62.5 Å². The Labute approximate surface area is 315 Å². The van der Waals surface area contributed by atoms with Crippen molar-refractivity contribution < 1.29 is 38.4 Å². The molecular weight excluding hydrogens is 710 g/mol. The summed E-state index contributed by atoms with van der Waals surface area (Å²) < 4.78 is 29.9. The van der Waals surface area contributed by atoms with Crippen LogP contribution in [0.1, 0.15) is 72.9 Å². The van der Waals surface area contributed by atoms with Crippen LogP contribution in [0.3, 0.4) is 0 Å². The molecule has 0 bridgehead atoms. The second-order valence-electron chi connectivity index (χ2n) is 13.7. The summed E-state index contributed by atoms with van der Waals surface area (Å²) in [5, 5.41) is 19.1. The number of halogens is 1. The van der Waals surface area contributed by atoms with Crippen molar-refractivity contribution in [3.63, 3.8) is 0 Å². The van der Waals surface area contributed by atoms with Gasteiger partial charge >= 0.3 is 5.97 Å². The number of hydrogen-bond donors (Lipinski definition) is 1. The number of hydrogen-bond acceptors (Lipinski definition) is 11. The van der Waals surface area contributed by atoms with Crippen molar-refractivity contribution in [2.24, 2.45) is 10.4 Å². The van der Waals surface area contributed by atoms with Gasteiger partial charge in [-0.2, -0.15) is 0 Å². The zero-order chi connectivity index (χ0) is 37.8. The zero-order valence-corrected chi connectivity index (χ0v) is 32.8. The number of aryl methyl sites for hydroxylation is 2. The maximum atomic E-state index is 13.9. The van der Waals surface area contributed by atoms with Gasteiger partial charge in [0.15, 0.2) is 5.82 Å². The fraction of sp³-hybridized carbons (Fsp3) is 0.595. The van der Waals surface area contributed by atoms with E-state index in [4.69, 9.17) is 45.4 Å². The van der Waals surface area contributed by atoms with Crippen LogP contribution >= 0.6 is 22.9 Å². The minimum Gasteiger partial charge on any atom is -0.480 e. The lowest BCUT2D eigenvalue weighted by Gasteiger charge is -2.34. The van der Waals surface area contributed by atoms with E-state index in [0.717, 1.165) is 39.6 Å². The average molecular weight is 762 g/mol. The first-order chi connectivity index (χ1) is 24.8. The number of thiophene rings is 1. The van der Waals surface area contributed by atoms with E-state index in [1.165, 1.54) is 4.88 Å². The Morgan fingerprint density at radius 1 is 0.942 bits per heavy atom. The number of likely N-dealkylation sites (N-methyl/N-ethyl adjacent to an activating group) is 1. The number of fused-ring (bicyclic) bond motifs is 3. The van der Waals surface area contributed by atoms with Crippen LogP contribution in [0.4, 0.5) is 0 Å². The molecule has 0 spiro atoms. The zero-order valence-electron chi connectivity index (χ0n) is 31.3. The van der Waals surface area contributed by atoms with Crippen LogP contribution in [-0.2, 0) is 33.3 Å². The fourth-order valence-corrected chi connectivity index (χ4v) is 6.93. The number of aromatic nitrogens is 3. The maximum Gasteiger partial charge on any atom is 0.329 e. The van der Waals surface area contributed by atoms with Crippen molar-refractivity contribution >= 4 is 40.5 Å². The van der Waals surface area contributed by atoms with Gasteiger partial charge in [-0.05, 0) is 50.3 Å². The van der Waals surface area contributed by atoms with E-state index >= 15 is 0 Å². The molecule has 1 aliphatic heterocycles. The lowest BCUT2D eigenvalue weighted by molar-refractivity contribution is -0.142. The minimum atomic E-state index is -1.00. The number of carboxylic acids is 1. The number of nitrogens with zero attached hydrogens (tertiary/aromatic N) is 5. The number of aliphatic carboxylic acids is 1. The Bertz CT molecular complexity index is 1650. The molecule has 0 aliphatic carbocycles. The molecule has 0 radical (unpaired) electrons. The number of amides is 1. The number of carbonyl (C=O) groups excluding carboxylic acids is 1. The summed E-state index contributed by atoms with van der Waals surface area (Å²) in [4.78, 5) is 32.5. The summed E-state index contributed by atoms with van der Waals surface area (Å²) in [5.41, 5.74) is 3.68. The third-order valence-electron chi connectivity index (χ3n) is 8.65. The quantitative estimate of drug-likeness (QED) is 0.136. The van der Waals surface area contributed by atoms with Gasteiger partial charge in [0.2, 0.25) is 5.91 Å². The predicted molar refractivity (Wildman–Crippen MR) is 200 cm³/mol. The van der Waals surface area contributed by atoms with Crippen molar-refractivity contribution in [1.82, 2.24) is 19.7 Å².